The van der Waals surface area contributed by atoms with Crippen molar-refractivity contribution in [3.05, 3.63) is 0 Å². The molecule has 0 bridgehead atoms. The molecule has 2 N–H and O–H groups in total. The van der Waals surface area contributed by atoms with Crippen LogP contribution < -0.4 is 10.6 Å². The molecule has 0 saturated heterocycles. The van der Waals surface area contributed by atoms with E-state index in [-0.39, 0.29) is 30.0 Å². The Hall–Kier alpha value is -0.0800. The molecule has 1 saturated carbocycles. The van der Waals surface area contributed by atoms with Crippen molar-refractivity contribution in [3.8, 4) is 0 Å². The van der Waals surface area contributed by atoms with Crippen molar-refractivity contribution in [2.24, 2.45) is 4.99 Å². The fourth-order valence-electron chi connectivity index (χ4n) is 2.58. The molecular weight excluding hydrogens is 393 g/mol. The van der Waals surface area contributed by atoms with Crippen molar-refractivity contribution in [1.29, 1.82) is 0 Å². The third kappa shape index (κ3) is 10.6. The summed E-state index contributed by atoms with van der Waals surface area (Å²) in [5, 5.41) is 6.59. The summed E-state index contributed by atoms with van der Waals surface area (Å²) in [4.78, 5) is 4.58. The fourth-order valence-corrected chi connectivity index (χ4v) is 2.58. The molecule has 1 fully saturated rings. The van der Waals surface area contributed by atoms with Crippen LogP contribution in [0.5, 0.6) is 0 Å². The second-order valence-corrected chi connectivity index (χ2v) is 5.75. The predicted molar refractivity (Wildman–Crippen MR) is 103 cm³/mol. The predicted octanol–water partition coefficient (Wildman–Crippen LogP) is 2.93. The third-order valence-corrected chi connectivity index (χ3v) is 3.62. The maximum absolute atomic E-state index is 5.91. The Bertz CT molecular complexity index is 285. The topological polar surface area (TPSA) is 54.9 Å². The minimum atomic E-state index is 0. The number of aliphatic imine (C=N–C) groups is 1. The average molecular weight is 427 g/mol. The van der Waals surface area contributed by atoms with E-state index in [1.54, 1.807) is 7.11 Å². The highest BCUT2D eigenvalue weighted by molar-refractivity contribution is 14.0. The number of methoxy groups -OCH3 is 1. The SMILES string of the molecule is CCNC(=NCCCOC1CCCCC1)NC(C)COC.I. The van der Waals surface area contributed by atoms with Gasteiger partial charge in [0.2, 0.25) is 0 Å². The monoisotopic (exact) mass is 427 g/mol. The number of rotatable bonds is 9. The Morgan fingerprint density at radius 1 is 1.27 bits per heavy atom. The molecule has 0 aromatic heterocycles. The van der Waals surface area contributed by atoms with Crippen LogP contribution in [0.4, 0.5) is 0 Å². The van der Waals surface area contributed by atoms with Gasteiger partial charge in [-0.25, -0.2) is 0 Å². The average Bonchev–Trinajstić information content (AvgIpc) is 2.48. The van der Waals surface area contributed by atoms with Crippen LogP contribution in [0, 0.1) is 0 Å². The molecule has 5 nitrogen and oxygen atoms in total. The standard InChI is InChI=1S/C16H33N3O2.HI/c1-4-17-16(19-14(2)13-20-3)18-11-8-12-21-15-9-6-5-7-10-15;/h14-15H,4-13H2,1-3H3,(H2,17,18,19);1H. The largest absolute Gasteiger partial charge is 0.383 e. The van der Waals surface area contributed by atoms with E-state index in [0.29, 0.717) is 12.7 Å². The normalized spacial score (nSPS) is 17.7. The van der Waals surface area contributed by atoms with Crippen LogP contribution >= 0.6 is 24.0 Å². The highest BCUT2D eigenvalue weighted by Crippen LogP contribution is 2.20. The van der Waals surface area contributed by atoms with E-state index in [0.717, 1.165) is 32.1 Å². The molecule has 0 aromatic rings. The lowest BCUT2D eigenvalue weighted by atomic mass is 9.98. The van der Waals surface area contributed by atoms with Gasteiger partial charge >= 0.3 is 0 Å². The summed E-state index contributed by atoms with van der Waals surface area (Å²) in [6, 6.07) is 0.256. The summed E-state index contributed by atoms with van der Waals surface area (Å²) in [7, 11) is 1.71. The number of halogens is 1. The molecule has 0 radical (unpaired) electrons. The first kappa shape index (κ1) is 21.9. The van der Waals surface area contributed by atoms with E-state index in [1.165, 1.54) is 32.1 Å². The summed E-state index contributed by atoms with van der Waals surface area (Å²) in [5.41, 5.74) is 0. The fraction of sp³-hybridized carbons (Fsp3) is 0.938. The second kappa shape index (κ2) is 14.5. The summed E-state index contributed by atoms with van der Waals surface area (Å²) in [6.45, 7) is 7.31. The molecule has 1 aliphatic rings. The third-order valence-electron chi connectivity index (χ3n) is 3.62. The maximum atomic E-state index is 5.91. The van der Waals surface area contributed by atoms with E-state index in [9.17, 15) is 0 Å². The van der Waals surface area contributed by atoms with Crippen LogP contribution in [0.1, 0.15) is 52.4 Å². The van der Waals surface area contributed by atoms with Gasteiger partial charge < -0.3 is 20.1 Å². The molecule has 1 rings (SSSR count). The molecule has 1 atom stereocenters. The zero-order valence-electron chi connectivity index (χ0n) is 14.4. The van der Waals surface area contributed by atoms with E-state index >= 15 is 0 Å². The van der Waals surface area contributed by atoms with Crippen LogP contribution in [0.3, 0.4) is 0 Å². The molecule has 22 heavy (non-hydrogen) atoms. The maximum Gasteiger partial charge on any atom is 0.191 e. The van der Waals surface area contributed by atoms with Crippen molar-refractivity contribution < 1.29 is 9.47 Å². The summed E-state index contributed by atoms with van der Waals surface area (Å²) >= 11 is 0. The van der Waals surface area contributed by atoms with Crippen LogP contribution in [-0.2, 0) is 9.47 Å². The van der Waals surface area contributed by atoms with Gasteiger partial charge in [0, 0.05) is 32.8 Å². The van der Waals surface area contributed by atoms with E-state index < -0.39 is 0 Å². The smallest absolute Gasteiger partial charge is 0.191 e. The van der Waals surface area contributed by atoms with Crippen molar-refractivity contribution >= 4 is 29.9 Å². The molecule has 0 spiro atoms. The van der Waals surface area contributed by atoms with Gasteiger partial charge in [0.15, 0.2) is 5.96 Å². The van der Waals surface area contributed by atoms with E-state index in [2.05, 4.69) is 29.5 Å². The van der Waals surface area contributed by atoms with Crippen LogP contribution in [0.25, 0.3) is 0 Å². The van der Waals surface area contributed by atoms with Gasteiger partial charge in [0.1, 0.15) is 0 Å². The Morgan fingerprint density at radius 3 is 2.64 bits per heavy atom. The van der Waals surface area contributed by atoms with Gasteiger partial charge in [-0.1, -0.05) is 19.3 Å². The minimum Gasteiger partial charge on any atom is -0.383 e. The first-order valence-corrected chi connectivity index (χ1v) is 8.41. The van der Waals surface area contributed by atoms with Gasteiger partial charge in [-0.3, -0.25) is 4.99 Å². The molecule has 132 valence electrons. The van der Waals surface area contributed by atoms with E-state index in [1.807, 2.05) is 0 Å². The number of hydrogen-bond donors (Lipinski definition) is 2. The Morgan fingerprint density at radius 2 is 2.00 bits per heavy atom. The van der Waals surface area contributed by atoms with Crippen molar-refractivity contribution in [1.82, 2.24) is 10.6 Å². The van der Waals surface area contributed by atoms with Gasteiger partial charge in [-0.05, 0) is 33.1 Å². The van der Waals surface area contributed by atoms with Gasteiger partial charge in [0.25, 0.3) is 0 Å². The molecule has 0 amide bonds. The summed E-state index contributed by atoms with van der Waals surface area (Å²) in [5.74, 6) is 0.861. The zero-order valence-corrected chi connectivity index (χ0v) is 16.7. The van der Waals surface area contributed by atoms with Crippen molar-refractivity contribution in [2.75, 3.05) is 33.4 Å². The number of guanidine groups is 1. The summed E-state index contributed by atoms with van der Waals surface area (Å²) in [6.07, 6.45) is 7.98. The Kier molecular flexibility index (Phi) is 14.5. The number of nitrogens with zero attached hydrogens (tertiary/aromatic N) is 1. The lowest BCUT2D eigenvalue weighted by molar-refractivity contribution is 0.0281. The molecule has 1 unspecified atom stereocenters. The number of hydrogen-bond acceptors (Lipinski definition) is 3. The molecule has 6 heteroatoms. The molecule has 0 aliphatic heterocycles. The molecular formula is C16H34IN3O2. The minimum absolute atomic E-state index is 0. The molecule has 0 heterocycles. The van der Waals surface area contributed by atoms with Crippen molar-refractivity contribution in [2.45, 2.75) is 64.5 Å². The zero-order chi connectivity index (χ0) is 15.3. The van der Waals surface area contributed by atoms with Gasteiger partial charge in [-0.15, -0.1) is 24.0 Å². The van der Waals surface area contributed by atoms with Gasteiger partial charge in [-0.2, -0.15) is 0 Å². The highest BCUT2D eigenvalue weighted by Gasteiger charge is 2.12. The van der Waals surface area contributed by atoms with Crippen molar-refractivity contribution in [3.63, 3.8) is 0 Å². The molecule has 1 aliphatic carbocycles. The van der Waals surface area contributed by atoms with Crippen LogP contribution in [0.15, 0.2) is 4.99 Å². The lowest BCUT2D eigenvalue weighted by Crippen LogP contribution is -2.44. The van der Waals surface area contributed by atoms with Crippen LogP contribution in [-0.4, -0.2) is 51.5 Å². The number of ether oxygens (including phenoxy) is 2. The summed E-state index contributed by atoms with van der Waals surface area (Å²) < 4.78 is 11.0. The second-order valence-electron chi connectivity index (χ2n) is 5.75. The van der Waals surface area contributed by atoms with Crippen LogP contribution in [0.2, 0.25) is 0 Å². The Balaban J connectivity index is 0.00000441. The van der Waals surface area contributed by atoms with Gasteiger partial charge in [0.05, 0.1) is 12.7 Å². The number of nitrogens with one attached hydrogen (secondary N) is 2. The highest BCUT2D eigenvalue weighted by atomic mass is 127. The Labute approximate surface area is 153 Å². The van der Waals surface area contributed by atoms with E-state index in [4.69, 9.17) is 9.47 Å². The first-order valence-electron chi connectivity index (χ1n) is 8.41. The quantitative estimate of drug-likeness (QED) is 0.257. The lowest BCUT2D eigenvalue weighted by Gasteiger charge is -2.21. The molecule has 0 aromatic carbocycles. The first-order chi connectivity index (χ1) is 10.3.